The van der Waals surface area contributed by atoms with Crippen molar-refractivity contribution in [3.8, 4) is 0 Å². The highest BCUT2D eigenvalue weighted by Crippen LogP contribution is 2.29. The molecule has 0 aliphatic carbocycles. The maximum absolute atomic E-state index is 11.7. The Morgan fingerprint density at radius 3 is 2.48 bits per heavy atom. The first kappa shape index (κ1) is 18.5. The summed E-state index contributed by atoms with van der Waals surface area (Å²) in [6.45, 7) is 2.38. The van der Waals surface area contributed by atoms with Gasteiger partial charge < -0.3 is 20.3 Å². The molecule has 0 aliphatic rings. The minimum Gasteiger partial charge on any atom is -0.465 e. The molecule has 0 aromatic heterocycles. The molecule has 1 rings (SSSR count). The summed E-state index contributed by atoms with van der Waals surface area (Å²) in [5.41, 5.74) is -0.397. The molecule has 1 aromatic carbocycles. The van der Waals surface area contributed by atoms with Gasteiger partial charge in [0.1, 0.15) is 12.2 Å². The maximum Gasteiger partial charge on any atom is 0.338 e. The van der Waals surface area contributed by atoms with Gasteiger partial charge in [-0.25, -0.2) is 4.79 Å². The smallest absolute Gasteiger partial charge is 0.338 e. The van der Waals surface area contributed by atoms with E-state index >= 15 is 0 Å². The maximum atomic E-state index is 11.7. The number of nitrogens with zero attached hydrogens (tertiary/aromatic N) is 1. The normalized spacial score (nSPS) is 13.1. The van der Waals surface area contributed by atoms with Crippen LogP contribution >= 0.6 is 0 Å². The highest BCUT2D eigenvalue weighted by Gasteiger charge is 2.26. The van der Waals surface area contributed by atoms with Crippen molar-refractivity contribution in [3.05, 3.63) is 38.9 Å². The van der Waals surface area contributed by atoms with Gasteiger partial charge in [0.05, 0.1) is 17.6 Å². The molecular weight excluding hydrogens is 308 g/mol. The van der Waals surface area contributed by atoms with Crippen LogP contribution in [0.15, 0.2) is 12.1 Å². The van der Waals surface area contributed by atoms with Crippen molar-refractivity contribution in [3.63, 3.8) is 0 Å². The predicted octanol–water partition coefficient (Wildman–Crippen LogP) is 0.220. The Morgan fingerprint density at radius 1 is 1.39 bits per heavy atom. The number of aliphatic hydroxyl groups excluding tert-OH is 2. The van der Waals surface area contributed by atoms with Crippen LogP contribution < -0.4 is 5.32 Å². The van der Waals surface area contributed by atoms with Crippen LogP contribution in [-0.4, -0.2) is 46.8 Å². The molecule has 0 saturated heterocycles. The average Bonchev–Trinajstić information content (AvgIpc) is 2.50. The summed E-state index contributed by atoms with van der Waals surface area (Å²) >= 11 is 0. The van der Waals surface area contributed by atoms with E-state index in [0.717, 1.165) is 13.2 Å². The molecule has 0 spiro atoms. The second-order valence-corrected chi connectivity index (χ2v) is 4.91. The van der Waals surface area contributed by atoms with Gasteiger partial charge in [0, 0.05) is 25.1 Å². The predicted molar refractivity (Wildman–Crippen MR) is 78.8 cm³/mol. The Kier molecular flexibility index (Phi) is 6.17. The summed E-state index contributed by atoms with van der Waals surface area (Å²) in [6.07, 6.45) is -2.92. The molecule has 3 N–H and O–H groups in total. The lowest BCUT2D eigenvalue weighted by Crippen LogP contribution is -2.34. The monoisotopic (exact) mass is 326 g/mol. The Balaban J connectivity index is 3.24. The number of hydrogen-bond acceptors (Lipinski definition) is 7. The van der Waals surface area contributed by atoms with Gasteiger partial charge in [0.2, 0.25) is 5.91 Å². The number of methoxy groups -OCH3 is 1. The van der Waals surface area contributed by atoms with Gasteiger partial charge in [-0.05, 0) is 18.6 Å². The number of hydrogen-bond donors (Lipinski definition) is 3. The molecule has 1 aromatic rings. The number of carbonyl (C=O) groups excluding carboxylic acids is 2. The van der Waals surface area contributed by atoms with Crippen molar-refractivity contribution >= 4 is 17.6 Å². The highest BCUT2D eigenvalue weighted by atomic mass is 16.6. The summed E-state index contributed by atoms with van der Waals surface area (Å²) in [4.78, 5) is 32.9. The largest absolute Gasteiger partial charge is 0.465 e. The minimum atomic E-state index is -1.52. The number of nitro benzene ring substituents is 1. The highest BCUT2D eigenvalue weighted by molar-refractivity contribution is 5.92. The summed E-state index contributed by atoms with van der Waals surface area (Å²) in [6, 6.07) is 2.29. The van der Waals surface area contributed by atoms with Crippen LogP contribution in [0.25, 0.3) is 0 Å². The molecule has 0 aliphatic heterocycles. The number of benzene rings is 1. The van der Waals surface area contributed by atoms with Gasteiger partial charge >= 0.3 is 5.97 Å². The second-order valence-electron chi connectivity index (χ2n) is 4.91. The number of amides is 1. The van der Waals surface area contributed by atoms with E-state index in [0.29, 0.717) is 0 Å². The zero-order valence-corrected chi connectivity index (χ0v) is 12.9. The van der Waals surface area contributed by atoms with Crippen LogP contribution in [0.4, 0.5) is 5.69 Å². The third kappa shape index (κ3) is 4.47. The molecule has 126 valence electrons. The van der Waals surface area contributed by atoms with Crippen molar-refractivity contribution in [2.75, 3.05) is 13.7 Å². The minimum absolute atomic E-state index is 0.0273. The molecule has 0 saturated carbocycles. The van der Waals surface area contributed by atoms with Crippen molar-refractivity contribution in [1.29, 1.82) is 0 Å². The van der Waals surface area contributed by atoms with Crippen molar-refractivity contribution in [2.24, 2.45) is 0 Å². The van der Waals surface area contributed by atoms with Gasteiger partial charge in [-0.2, -0.15) is 0 Å². The average molecular weight is 326 g/mol. The molecule has 0 bridgehead atoms. The lowest BCUT2D eigenvalue weighted by molar-refractivity contribution is -0.385. The van der Waals surface area contributed by atoms with Gasteiger partial charge in [0.25, 0.3) is 5.69 Å². The third-order valence-electron chi connectivity index (χ3n) is 3.27. The molecule has 2 unspecified atom stereocenters. The van der Waals surface area contributed by atoms with E-state index in [1.54, 1.807) is 0 Å². The van der Waals surface area contributed by atoms with Crippen LogP contribution in [0.3, 0.4) is 0 Å². The van der Waals surface area contributed by atoms with Crippen LogP contribution in [-0.2, 0) is 9.53 Å². The first-order valence-corrected chi connectivity index (χ1v) is 6.66. The van der Waals surface area contributed by atoms with E-state index in [-0.39, 0.29) is 28.9 Å². The molecule has 2 atom stereocenters. The van der Waals surface area contributed by atoms with E-state index in [1.807, 2.05) is 0 Å². The topological polar surface area (TPSA) is 139 Å². The SMILES string of the molecule is COC(=O)c1cc(C(O)C(O)CNC(C)=O)cc([N+](=O)[O-])c1C. The molecule has 9 nitrogen and oxygen atoms in total. The van der Waals surface area contributed by atoms with Crippen LogP contribution in [0.5, 0.6) is 0 Å². The van der Waals surface area contributed by atoms with Crippen LogP contribution in [0.2, 0.25) is 0 Å². The molecule has 0 radical (unpaired) electrons. The zero-order chi connectivity index (χ0) is 17.7. The summed E-state index contributed by atoms with van der Waals surface area (Å²) in [7, 11) is 1.13. The Hall–Kier alpha value is -2.52. The van der Waals surface area contributed by atoms with E-state index in [2.05, 4.69) is 10.1 Å². The Morgan fingerprint density at radius 2 is 2.00 bits per heavy atom. The molecule has 9 heteroatoms. The number of nitro groups is 1. The first-order chi connectivity index (χ1) is 10.7. The zero-order valence-electron chi connectivity index (χ0n) is 12.9. The summed E-state index contributed by atoms with van der Waals surface area (Å²) in [5.74, 6) is -1.20. The fourth-order valence-electron chi connectivity index (χ4n) is 1.99. The van der Waals surface area contributed by atoms with E-state index < -0.39 is 29.0 Å². The van der Waals surface area contributed by atoms with Crippen molar-refractivity contribution in [1.82, 2.24) is 5.32 Å². The number of aliphatic hydroxyl groups is 2. The van der Waals surface area contributed by atoms with Gasteiger partial charge in [0.15, 0.2) is 0 Å². The lowest BCUT2D eigenvalue weighted by atomic mass is 9.97. The molecular formula is C14H18N2O7. The van der Waals surface area contributed by atoms with Gasteiger partial charge in [-0.15, -0.1) is 0 Å². The number of carbonyl (C=O) groups is 2. The molecule has 1 amide bonds. The van der Waals surface area contributed by atoms with Gasteiger partial charge in [-0.1, -0.05) is 0 Å². The second kappa shape index (κ2) is 7.65. The number of nitrogens with one attached hydrogen (secondary N) is 1. The standard InChI is InChI=1S/C14H18N2O7/c1-7-10(14(20)23-3)4-9(5-11(7)16(21)22)13(19)12(18)6-15-8(2)17/h4-5,12-13,18-19H,6H2,1-3H3,(H,15,17). The number of rotatable bonds is 6. The Bertz CT molecular complexity index is 630. The lowest BCUT2D eigenvalue weighted by Gasteiger charge is -2.19. The van der Waals surface area contributed by atoms with Crippen molar-refractivity contribution < 1.29 is 29.5 Å². The fourth-order valence-corrected chi connectivity index (χ4v) is 1.99. The number of esters is 1. The van der Waals surface area contributed by atoms with E-state index in [4.69, 9.17) is 0 Å². The quantitative estimate of drug-likeness (QED) is 0.386. The third-order valence-corrected chi connectivity index (χ3v) is 3.27. The molecule has 0 heterocycles. The fraction of sp³-hybridized carbons (Fsp3) is 0.429. The van der Waals surface area contributed by atoms with Crippen molar-refractivity contribution in [2.45, 2.75) is 26.1 Å². The van der Waals surface area contributed by atoms with E-state index in [9.17, 15) is 29.9 Å². The first-order valence-electron chi connectivity index (χ1n) is 6.66. The molecule has 0 fully saturated rings. The van der Waals surface area contributed by atoms with Gasteiger partial charge in [-0.3, -0.25) is 14.9 Å². The van der Waals surface area contributed by atoms with Crippen LogP contribution in [0.1, 0.15) is 34.5 Å². The van der Waals surface area contributed by atoms with Crippen LogP contribution in [0, 0.1) is 17.0 Å². The summed E-state index contributed by atoms with van der Waals surface area (Å²) in [5, 5.41) is 33.4. The van der Waals surface area contributed by atoms with E-state index in [1.165, 1.54) is 19.9 Å². The number of ether oxygens (including phenoxy) is 1. The Labute approximate surface area is 132 Å². The molecule has 23 heavy (non-hydrogen) atoms. The summed E-state index contributed by atoms with van der Waals surface area (Å²) < 4.78 is 4.56.